The molecular formula is C17H17ClN2O4. The summed E-state index contributed by atoms with van der Waals surface area (Å²) in [4.78, 5) is 18.4. The van der Waals surface area contributed by atoms with Crippen molar-refractivity contribution in [3.63, 3.8) is 0 Å². The topological polar surface area (TPSA) is 60.9 Å². The van der Waals surface area contributed by atoms with Crippen molar-refractivity contribution in [2.45, 2.75) is 6.10 Å². The van der Waals surface area contributed by atoms with Gasteiger partial charge in [0.2, 0.25) is 5.88 Å². The lowest BCUT2D eigenvalue weighted by atomic mass is 10.1. The predicted molar refractivity (Wildman–Crippen MR) is 89.1 cm³/mol. The first-order valence-electron chi connectivity index (χ1n) is 7.41. The van der Waals surface area contributed by atoms with Gasteiger partial charge in [0.25, 0.3) is 5.91 Å². The van der Waals surface area contributed by atoms with Gasteiger partial charge in [0.1, 0.15) is 11.1 Å². The number of hydrogen-bond acceptors (Lipinski definition) is 5. The zero-order valence-electron chi connectivity index (χ0n) is 13.4. The van der Waals surface area contributed by atoms with Gasteiger partial charge in [-0.05, 0) is 24.3 Å². The molecule has 1 aromatic heterocycles. The van der Waals surface area contributed by atoms with Crippen LogP contribution in [0.25, 0.3) is 0 Å². The molecule has 2 heterocycles. The first-order chi connectivity index (χ1) is 11.6. The molecule has 2 aromatic rings. The molecule has 0 N–H and O–H groups in total. The molecule has 1 aliphatic heterocycles. The molecule has 0 atom stereocenters. The number of hydrogen-bond donors (Lipinski definition) is 0. The molecule has 126 valence electrons. The van der Waals surface area contributed by atoms with Crippen molar-refractivity contribution in [3.8, 4) is 17.4 Å². The molecule has 0 aliphatic carbocycles. The summed E-state index contributed by atoms with van der Waals surface area (Å²) < 4.78 is 16.2. The van der Waals surface area contributed by atoms with Crippen molar-refractivity contribution < 1.29 is 19.0 Å². The highest BCUT2D eigenvalue weighted by molar-refractivity contribution is 6.31. The fraction of sp³-hybridized carbons (Fsp3) is 0.294. The Morgan fingerprint density at radius 2 is 2.00 bits per heavy atom. The molecule has 0 bridgehead atoms. The molecule has 24 heavy (non-hydrogen) atoms. The van der Waals surface area contributed by atoms with E-state index in [1.807, 2.05) is 0 Å². The van der Waals surface area contributed by atoms with Crippen LogP contribution in [0.15, 0.2) is 36.5 Å². The van der Waals surface area contributed by atoms with E-state index in [0.717, 1.165) is 0 Å². The summed E-state index contributed by atoms with van der Waals surface area (Å²) in [5.74, 6) is 1.21. The maximum absolute atomic E-state index is 12.6. The Balaban J connectivity index is 1.66. The standard InChI is InChI=1S/C17H17ClN2O4/c1-22-14-7-3-5-12(15(14)23-2)17(21)20-9-11(10-20)24-16-13(18)6-4-8-19-16/h3-8,11H,9-10H2,1-2H3. The lowest BCUT2D eigenvalue weighted by Gasteiger charge is -2.38. The van der Waals surface area contributed by atoms with Crippen LogP contribution in [-0.4, -0.2) is 49.2 Å². The van der Waals surface area contributed by atoms with Gasteiger partial charge < -0.3 is 19.1 Å². The fourth-order valence-electron chi connectivity index (χ4n) is 2.52. The Hall–Kier alpha value is -2.47. The van der Waals surface area contributed by atoms with Crippen molar-refractivity contribution in [1.82, 2.24) is 9.88 Å². The van der Waals surface area contributed by atoms with E-state index in [4.69, 9.17) is 25.8 Å². The Morgan fingerprint density at radius 1 is 1.21 bits per heavy atom. The number of methoxy groups -OCH3 is 2. The van der Waals surface area contributed by atoms with Crippen LogP contribution < -0.4 is 14.2 Å². The van der Waals surface area contributed by atoms with Crippen molar-refractivity contribution in [2.75, 3.05) is 27.3 Å². The Morgan fingerprint density at radius 3 is 2.67 bits per heavy atom. The second kappa shape index (κ2) is 6.97. The molecule has 1 fully saturated rings. The van der Waals surface area contributed by atoms with Gasteiger partial charge in [-0.3, -0.25) is 4.79 Å². The average molecular weight is 349 g/mol. The summed E-state index contributed by atoms with van der Waals surface area (Å²) in [6.45, 7) is 0.929. The van der Waals surface area contributed by atoms with Gasteiger partial charge in [-0.25, -0.2) is 4.98 Å². The largest absolute Gasteiger partial charge is 0.493 e. The molecule has 3 rings (SSSR count). The molecular weight excluding hydrogens is 332 g/mol. The molecule has 1 aromatic carbocycles. The zero-order chi connectivity index (χ0) is 17.1. The number of halogens is 1. The highest BCUT2D eigenvalue weighted by atomic mass is 35.5. The smallest absolute Gasteiger partial charge is 0.258 e. The number of carbonyl (C=O) groups excluding carboxylic acids is 1. The molecule has 1 amide bonds. The van der Waals surface area contributed by atoms with Crippen LogP contribution in [0, 0.1) is 0 Å². The molecule has 0 radical (unpaired) electrons. The molecule has 7 heteroatoms. The predicted octanol–water partition coefficient (Wildman–Crippen LogP) is 2.66. The number of para-hydroxylation sites is 1. The molecule has 1 saturated heterocycles. The number of benzene rings is 1. The summed E-state index contributed by atoms with van der Waals surface area (Å²) in [7, 11) is 3.05. The summed E-state index contributed by atoms with van der Waals surface area (Å²) in [5, 5.41) is 0.455. The van der Waals surface area contributed by atoms with Crippen molar-refractivity contribution in [2.24, 2.45) is 0 Å². The Bertz CT molecular complexity index is 747. The quantitative estimate of drug-likeness (QED) is 0.831. The second-order valence-corrected chi connectivity index (χ2v) is 5.69. The summed E-state index contributed by atoms with van der Waals surface area (Å²) in [6, 6.07) is 8.68. The molecule has 1 aliphatic rings. The number of rotatable bonds is 5. The highest BCUT2D eigenvalue weighted by Gasteiger charge is 2.35. The monoisotopic (exact) mass is 348 g/mol. The first kappa shape index (κ1) is 16.4. The molecule has 0 unspecified atom stereocenters. The number of nitrogens with zero attached hydrogens (tertiary/aromatic N) is 2. The van der Waals surface area contributed by atoms with E-state index in [-0.39, 0.29) is 12.0 Å². The van der Waals surface area contributed by atoms with Crippen LogP contribution in [0.2, 0.25) is 5.02 Å². The number of likely N-dealkylation sites (tertiary alicyclic amines) is 1. The minimum Gasteiger partial charge on any atom is -0.493 e. The first-order valence-corrected chi connectivity index (χ1v) is 7.79. The van der Waals surface area contributed by atoms with E-state index in [2.05, 4.69) is 4.98 Å². The zero-order valence-corrected chi connectivity index (χ0v) is 14.1. The number of pyridine rings is 1. The maximum atomic E-state index is 12.6. The summed E-state index contributed by atoms with van der Waals surface area (Å²) >= 11 is 6.02. The van der Waals surface area contributed by atoms with E-state index in [0.29, 0.717) is 41.1 Å². The van der Waals surface area contributed by atoms with Crippen LogP contribution in [0.3, 0.4) is 0 Å². The van der Waals surface area contributed by atoms with Gasteiger partial charge in [0, 0.05) is 6.20 Å². The van der Waals surface area contributed by atoms with Gasteiger partial charge in [0.05, 0.1) is 32.9 Å². The lowest BCUT2D eigenvalue weighted by Crippen LogP contribution is -2.56. The number of carbonyl (C=O) groups is 1. The van der Waals surface area contributed by atoms with E-state index < -0.39 is 0 Å². The Kier molecular flexibility index (Phi) is 4.76. The number of aromatic nitrogens is 1. The minimum absolute atomic E-state index is 0.127. The van der Waals surface area contributed by atoms with Crippen LogP contribution in [-0.2, 0) is 0 Å². The number of ether oxygens (including phenoxy) is 3. The van der Waals surface area contributed by atoms with Gasteiger partial charge in [-0.2, -0.15) is 0 Å². The molecule has 0 saturated carbocycles. The number of amides is 1. The maximum Gasteiger partial charge on any atom is 0.258 e. The third kappa shape index (κ3) is 3.10. The van der Waals surface area contributed by atoms with Crippen molar-refractivity contribution in [1.29, 1.82) is 0 Å². The van der Waals surface area contributed by atoms with Crippen LogP contribution >= 0.6 is 11.6 Å². The van der Waals surface area contributed by atoms with E-state index in [9.17, 15) is 4.79 Å². The normalized spacial score (nSPS) is 14.0. The third-order valence-corrected chi connectivity index (χ3v) is 4.06. The second-order valence-electron chi connectivity index (χ2n) is 5.28. The minimum atomic E-state index is -0.127. The summed E-state index contributed by atoms with van der Waals surface area (Å²) in [5.41, 5.74) is 0.464. The highest BCUT2D eigenvalue weighted by Crippen LogP contribution is 2.32. The third-order valence-electron chi connectivity index (χ3n) is 3.77. The van der Waals surface area contributed by atoms with Gasteiger partial charge in [-0.15, -0.1) is 0 Å². The van der Waals surface area contributed by atoms with Crippen LogP contribution in [0.1, 0.15) is 10.4 Å². The van der Waals surface area contributed by atoms with Crippen molar-refractivity contribution in [3.05, 3.63) is 47.1 Å². The van der Waals surface area contributed by atoms with Crippen molar-refractivity contribution >= 4 is 17.5 Å². The Labute approximate surface area is 144 Å². The van der Waals surface area contributed by atoms with Gasteiger partial charge in [0.15, 0.2) is 11.5 Å². The SMILES string of the molecule is COc1cccc(C(=O)N2CC(Oc3ncccc3Cl)C2)c1OC. The van der Waals surface area contributed by atoms with E-state index >= 15 is 0 Å². The molecule has 6 nitrogen and oxygen atoms in total. The average Bonchev–Trinajstić information content (AvgIpc) is 2.57. The van der Waals surface area contributed by atoms with E-state index in [1.54, 1.807) is 41.4 Å². The van der Waals surface area contributed by atoms with E-state index in [1.165, 1.54) is 14.2 Å². The summed E-state index contributed by atoms with van der Waals surface area (Å²) in [6.07, 6.45) is 1.49. The molecule has 0 spiro atoms. The van der Waals surface area contributed by atoms with Gasteiger partial charge >= 0.3 is 0 Å². The lowest BCUT2D eigenvalue weighted by molar-refractivity contribution is 0.0158. The fourth-order valence-corrected chi connectivity index (χ4v) is 2.69. The van der Waals surface area contributed by atoms with Crippen LogP contribution in [0.4, 0.5) is 0 Å². The van der Waals surface area contributed by atoms with Crippen LogP contribution in [0.5, 0.6) is 17.4 Å². The van der Waals surface area contributed by atoms with Gasteiger partial charge in [-0.1, -0.05) is 17.7 Å².